The Hall–Kier alpha value is -1.07. The van der Waals surface area contributed by atoms with Crippen molar-refractivity contribution in [2.45, 2.75) is 32.8 Å². The summed E-state index contributed by atoms with van der Waals surface area (Å²) in [5.74, 6) is 0. The fourth-order valence-corrected chi connectivity index (χ4v) is 2.90. The van der Waals surface area contributed by atoms with E-state index in [9.17, 15) is 4.79 Å². The van der Waals surface area contributed by atoms with E-state index in [4.69, 9.17) is 4.74 Å². The summed E-state index contributed by atoms with van der Waals surface area (Å²) in [5.41, 5.74) is -0.409. The van der Waals surface area contributed by atoms with Crippen molar-refractivity contribution in [3.05, 3.63) is 22.4 Å². The van der Waals surface area contributed by atoms with E-state index in [-0.39, 0.29) is 6.09 Å². The zero-order valence-corrected chi connectivity index (χ0v) is 13.4. The summed E-state index contributed by atoms with van der Waals surface area (Å²) in [7, 11) is 0. The van der Waals surface area contributed by atoms with E-state index < -0.39 is 5.60 Å². The lowest BCUT2D eigenvalue weighted by atomic mass is 10.2. The molecular weight excluding hydrogens is 272 g/mol. The van der Waals surface area contributed by atoms with Gasteiger partial charge in [0.15, 0.2) is 0 Å². The molecule has 0 N–H and O–H groups in total. The van der Waals surface area contributed by atoms with E-state index in [1.807, 2.05) is 37.0 Å². The maximum absolute atomic E-state index is 12.0. The van der Waals surface area contributed by atoms with E-state index >= 15 is 0 Å². The van der Waals surface area contributed by atoms with Crippen molar-refractivity contribution in [2.24, 2.45) is 0 Å². The van der Waals surface area contributed by atoms with Crippen LogP contribution in [0.1, 0.15) is 25.6 Å². The molecule has 1 aromatic rings. The maximum atomic E-state index is 12.0. The van der Waals surface area contributed by atoms with Crippen molar-refractivity contribution in [1.29, 1.82) is 0 Å². The average Bonchev–Trinajstić information content (AvgIpc) is 2.88. The summed E-state index contributed by atoms with van der Waals surface area (Å²) < 4.78 is 5.40. The minimum absolute atomic E-state index is 0.185. The van der Waals surface area contributed by atoms with Crippen molar-refractivity contribution in [2.75, 3.05) is 32.7 Å². The number of carbonyl (C=O) groups excluding carboxylic acids is 1. The van der Waals surface area contributed by atoms with Crippen molar-refractivity contribution in [3.8, 4) is 0 Å². The second-order valence-electron chi connectivity index (χ2n) is 6.14. The third kappa shape index (κ3) is 4.80. The van der Waals surface area contributed by atoms with Crippen LogP contribution in [-0.2, 0) is 11.2 Å². The molecule has 0 saturated carbocycles. The third-order valence-electron chi connectivity index (χ3n) is 3.28. The van der Waals surface area contributed by atoms with E-state index in [2.05, 4.69) is 22.4 Å². The van der Waals surface area contributed by atoms with Crippen LogP contribution in [0.5, 0.6) is 0 Å². The highest BCUT2D eigenvalue weighted by Gasteiger charge is 2.25. The Kier molecular flexibility index (Phi) is 5.05. The van der Waals surface area contributed by atoms with Crippen molar-refractivity contribution in [3.63, 3.8) is 0 Å². The van der Waals surface area contributed by atoms with Gasteiger partial charge in [0.2, 0.25) is 0 Å². The highest BCUT2D eigenvalue weighted by Crippen LogP contribution is 2.13. The second kappa shape index (κ2) is 6.59. The molecule has 4 nitrogen and oxygen atoms in total. The van der Waals surface area contributed by atoms with Gasteiger partial charge in [0.05, 0.1) is 0 Å². The monoisotopic (exact) mass is 296 g/mol. The molecule has 2 rings (SSSR count). The molecule has 1 fully saturated rings. The first-order valence-electron chi connectivity index (χ1n) is 7.17. The van der Waals surface area contributed by atoms with Crippen LogP contribution in [0.25, 0.3) is 0 Å². The van der Waals surface area contributed by atoms with Crippen LogP contribution in [-0.4, -0.2) is 54.2 Å². The predicted octanol–water partition coefficient (Wildman–Crippen LogP) is 2.84. The molecular formula is C15H24N2O2S. The Bertz CT molecular complexity index is 418. The Labute approximate surface area is 125 Å². The van der Waals surface area contributed by atoms with Gasteiger partial charge < -0.3 is 9.64 Å². The van der Waals surface area contributed by atoms with Crippen molar-refractivity contribution < 1.29 is 9.53 Å². The Morgan fingerprint density at radius 2 is 2.00 bits per heavy atom. The zero-order valence-electron chi connectivity index (χ0n) is 12.6. The van der Waals surface area contributed by atoms with Gasteiger partial charge in [0.25, 0.3) is 0 Å². The minimum atomic E-state index is -0.409. The van der Waals surface area contributed by atoms with Gasteiger partial charge in [-0.1, -0.05) is 6.07 Å². The van der Waals surface area contributed by atoms with E-state index in [0.717, 1.165) is 39.1 Å². The molecule has 1 aliphatic rings. The summed E-state index contributed by atoms with van der Waals surface area (Å²) in [6.07, 6.45) is 0.916. The molecule has 1 saturated heterocycles. The molecule has 5 heteroatoms. The van der Waals surface area contributed by atoms with Gasteiger partial charge in [-0.2, -0.15) is 0 Å². The number of nitrogens with zero attached hydrogens (tertiary/aromatic N) is 2. The molecule has 0 aromatic carbocycles. The van der Waals surface area contributed by atoms with Gasteiger partial charge in [-0.3, -0.25) is 4.90 Å². The topological polar surface area (TPSA) is 32.8 Å². The molecule has 112 valence electrons. The van der Waals surface area contributed by atoms with Crippen LogP contribution in [0, 0.1) is 0 Å². The lowest BCUT2D eigenvalue weighted by molar-refractivity contribution is 0.0146. The fraction of sp³-hybridized carbons (Fsp3) is 0.667. The smallest absolute Gasteiger partial charge is 0.410 e. The molecule has 0 aliphatic carbocycles. The Morgan fingerprint density at radius 3 is 2.55 bits per heavy atom. The van der Waals surface area contributed by atoms with Crippen LogP contribution in [0.15, 0.2) is 17.5 Å². The lowest BCUT2D eigenvalue weighted by Crippen LogP contribution is -2.50. The molecule has 1 aliphatic heterocycles. The molecule has 0 bridgehead atoms. The van der Waals surface area contributed by atoms with Crippen molar-refractivity contribution >= 4 is 17.4 Å². The number of hydrogen-bond acceptors (Lipinski definition) is 4. The molecule has 1 amide bonds. The van der Waals surface area contributed by atoms with Crippen LogP contribution < -0.4 is 0 Å². The number of piperazine rings is 1. The van der Waals surface area contributed by atoms with Gasteiger partial charge in [0, 0.05) is 37.6 Å². The van der Waals surface area contributed by atoms with Gasteiger partial charge in [0.1, 0.15) is 5.60 Å². The van der Waals surface area contributed by atoms with Gasteiger partial charge in [-0.05, 0) is 38.6 Å². The summed E-state index contributed by atoms with van der Waals surface area (Å²) in [6.45, 7) is 10.2. The van der Waals surface area contributed by atoms with Gasteiger partial charge >= 0.3 is 6.09 Å². The molecule has 0 spiro atoms. The minimum Gasteiger partial charge on any atom is -0.444 e. The summed E-state index contributed by atoms with van der Waals surface area (Å²) in [4.78, 5) is 17.6. The quantitative estimate of drug-likeness (QED) is 0.860. The number of ether oxygens (including phenoxy) is 1. The van der Waals surface area contributed by atoms with Crippen molar-refractivity contribution in [1.82, 2.24) is 9.80 Å². The Balaban J connectivity index is 1.71. The molecule has 1 aromatic heterocycles. The zero-order chi connectivity index (χ0) is 14.6. The first-order valence-corrected chi connectivity index (χ1v) is 8.05. The maximum Gasteiger partial charge on any atom is 0.410 e. The Morgan fingerprint density at radius 1 is 1.30 bits per heavy atom. The van der Waals surface area contributed by atoms with Crippen LogP contribution in [0.3, 0.4) is 0 Å². The predicted molar refractivity (Wildman–Crippen MR) is 82.3 cm³/mol. The fourth-order valence-electron chi connectivity index (χ4n) is 2.20. The number of hydrogen-bond donors (Lipinski definition) is 0. The van der Waals surface area contributed by atoms with E-state index in [1.54, 1.807) is 0 Å². The second-order valence-corrected chi connectivity index (χ2v) is 7.17. The van der Waals surface area contributed by atoms with Crippen LogP contribution >= 0.6 is 11.3 Å². The largest absolute Gasteiger partial charge is 0.444 e. The highest BCUT2D eigenvalue weighted by molar-refractivity contribution is 7.09. The highest BCUT2D eigenvalue weighted by atomic mass is 32.1. The first kappa shape index (κ1) is 15.3. The van der Waals surface area contributed by atoms with Crippen LogP contribution in [0.2, 0.25) is 0 Å². The SMILES string of the molecule is CC(C)(C)OC(=O)N1CCN(CCc2cccs2)CC1. The molecule has 0 radical (unpaired) electrons. The molecule has 20 heavy (non-hydrogen) atoms. The number of rotatable bonds is 3. The first-order chi connectivity index (χ1) is 9.44. The van der Waals surface area contributed by atoms with E-state index in [0.29, 0.717) is 0 Å². The third-order valence-corrected chi connectivity index (χ3v) is 4.21. The summed E-state index contributed by atoms with van der Waals surface area (Å²) in [6, 6.07) is 4.28. The number of amides is 1. The lowest BCUT2D eigenvalue weighted by Gasteiger charge is -2.35. The molecule has 0 atom stereocenters. The average molecular weight is 296 g/mol. The van der Waals surface area contributed by atoms with Gasteiger partial charge in [-0.15, -0.1) is 11.3 Å². The van der Waals surface area contributed by atoms with E-state index in [1.165, 1.54) is 4.88 Å². The number of thiophene rings is 1. The molecule has 2 heterocycles. The van der Waals surface area contributed by atoms with Gasteiger partial charge in [-0.25, -0.2) is 4.79 Å². The number of carbonyl (C=O) groups is 1. The standard InChI is InChI=1S/C15H24N2O2S/c1-15(2,3)19-14(18)17-10-8-16(9-11-17)7-6-13-5-4-12-20-13/h4-5,12H,6-11H2,1-3H3. The van der Waals surface area contributed by atoms with Crippen LogP contribution in [0.4, 0.5) is 4.79 Å². The summed E-state index contributed by atoms with van der Waals surface area (Å²) >= 11 is 1.81. The molecule has 0 unspecified atom stereocenters. The normalized spacial score (nSPS) is 17.2. The summed E-state index contributed by atoms with van der Waals surface area (Å²) in [5, 5.41) is 2.12.